The van der Waals surface area contributed by atoms with E-state index >= 15 is 0 Å². The van der Waals surface area contributed by atoms with Crippen molar-refractivity contribution in [2.45, 2.75) is 14.7 Å². The van der Waals surface area contributed by atoms with Crippen LogP contribution in [-0.4, -0.2) is 98.8 Å². The van der Waals surface area contributed by atoms with Crippen LogP contribution in [0.2, 0.25) is 5.02 Å². The van der Waals surface area contributed by atoms with E-state index in [0.717, 1.165) is 49.1 Å². The van der Waals surface area contributed by atoms with Gasteiger partial charge in [0.25, 0.3) is 35.4 Å². The number of ether oxygens (including phenoxy) is 4. The SMILES string of the molecule is COc1ccc(Oc2nc3ccccc3nc2C(=O)Nc2cccc(S(C)(=O)=O)c2)cc1F.CS(=O)(=O)c1cccc(NC(=O)c2nc3ccccc3nc2Oc2ccc(F)cc2Cl)c1.CS(=O)(=O)c1cccc(NC(=O)c2nc3ccccc3nc2Oc2ccc(F)cc2F)c1. The molecule has 3 amide bonds. The first-order chi connectivity index (χ1) is 46.1. The maximum Gasteiger partial charge on any atom is 0.279 e. The Morgan fingerprint density at radius 3 is 1.05 bits per heavy atom. The van der Waals surface area contributed by atoms with Crippen LogP contribution in [0.15, 0.2) is 215 Å². The van der Waals surface area contributed by atoms with E-state index in [1.165, 1.54) is 86.0 Å². The van der Waals surface area contributed by atoms with Crippen molar-refractivity contribution < 1.29 is 76.1 Å². The molecule has 0 saturated heterocycles. The Bertz CT molecular complexity index is 5230. The van der Waals surface area contributed by atoms with Crippen molar-refractivity contribution in [3.63, 3.8) is 0 Å². The first kappa shape index (κ1) is 68.3. The number of amides is 3. The van der Waals surface area contributed by atoms with Gasteiger partial charge in [-0.2, -0.15) is 0 Å². The predicted octanol–water partition coefficient (Wildman–Crippen LogP) is 13.5. The van der Waals surface area contributed by atoms with Crippen molar-refractivity contribution >= 4 is 109 Å². The number of halogens is 5. The third kappa shape index (κ3) is 17.3. The van der Waals surface area contributed by atoms with E-state index in [-0.39, 0.29) is 94.5 Å². The molecule has 9 aromatic carbocycles. The summed E-state index contributed by atoms with van der Waals surface area (Å²) in [6.07, 6.45) is 3.19. The molecule has 3 aromatic heterocycles. The number of hydrogen-bond acceptors (Lipinski definition) is 19. The molecule has 0 aliphatic heterocycles. The third-order valence-electron chi connectivity index (χ3n) is 13.4. The fourth-order valence-corrected chi connectivity index (χ4v) is 10.9. The number of para-hydroxylation sites is 6. The summed E-state index contributed by atoms with van der Waals surface area (Å²) in [5, 5.41) is 7.76. The third-order valence-corrected chi connectivity index (χ3v) is 17.0. The molecule has 3 N–H and O–H groups in total. The maximum absolute atomic E-state index is 14.1. The van der Waals surface area contributed by atoms with E-state index in [9.17, 15) is 57.2 Å². The van der Waals surface area contributed by atoms with E-state index in [2.05, 4.69) is 45.9 Å². The lowest BCUT2D eigenvalue weighted by Crippen LogP contribution is -2.16. The smallest absolute Gasteiger partial charge is 0.279 e. The van der Waals surface area contributed by atoms with Crippen molar-refractivity contribution in [1.29, 1.82) is 0 Å². The summed E-state index contributed by atoms with van der Waals surface area (Å²) in [4.78, 5) is 65.1. The van der Waals surface area contributed by atoms with Crippen LogP contribution in [0.3, 0.4) is 0 Å². The van der Waals surface area contributed by atoms with E-state index in [1.807, 2.05) is 0 Å². The molecular formula is C67H48ClF4N9O13S3. The first-order valence-electron chi connectivity index (χ1n) is 28.1. The van der Waals surface area contributed by atoms with Crippen molar-refractivity contribution in [3.8, 4) is 40.6 Å². The van der Waals surface area contributed by atoms with Gasteiger partial charge in [0, 0.05) is 48.0 Å². The molecule has 22 nitrogen and oxygen atoms in total. The van der Waals surface area contributed by atoms with Gasteiger partial charge in [-0.05, 0) is 133 Å². The van der Waals surface area contributed by atoms with Gasteiger partial charge in [-0.25, -0.2) is 72.7 Å². The summed E-state index contributed by atoms with van der Waals surface area (Å²) in [6.45, 7) is 0. The number of nitrogens with zero attached hydrogens (tertiary/aromatic N) is 6. The standard InChI is InChI=1S/C23H18FN3O5S.C22H15ClFN3O4S.C22H15F2N3O4S/c1-31-20-11-10-15(13-17(20)24)32-23-21(26-18-8-3-4-9-19(18)27-23)22(28)25-14-6-5-7-16(12-14)33(2,29)30;1-32(29,30)15-6-4-5-14(12-15)25-21(28)20-22(27-18-8-3-2-7-17(18)26-20)31-19-10-9-13(24)11-16(19)23;1-32(29,30)15-6-4-5-14(12-15)25-21(28)20-22(27-18-8-3-2-7-17(18)26-20)31-19-10-9-13(23)11-16(19)24/h3-13H,1-2H3,(H,25,28);2*2-12H,1H3,(H,25,28). The first-order valence-corrected chi connectivity index (χ1v) is 34.1. The highest BCUT2D eigenvalue weighted by Gasteiger charge is 2.25. The molecule has 0 spiro atoms. The van der Waals surface area contributed by atoms with Crippen LogP contribution < -0.4 is 34.9 Å². The number of anilines is 3. The Morgan fingerprint density at radius 2 is 0.701 bits per heavy atom. The molecule has 0 aliphatic rings. The van der Waals surface area contributed by atoms with Gasteiger partial charge in [-0.3, -0.25) is 14.4 Å². The normalized spacial score (nSPS) is 11.3. The molecule has 0 atom stereocenters. The quantitative estimate of drug-likeness (QED) is 0.0757. The van der Waals surface area contributed by atoms with Gasteiger partial charge < -0.3 is 34.9 Å². The topological polar surface area (TPSA) is 304 Å². The van der Waals surface area contributed by atoms with E-state index < -0.39 is 70.5 Å². The minimum absolute atomic E-state index is 0.00725. The van der Waals surface area contributed by atoms with Gasteiger partial charge in [0.2, 0.25) is 0 Å². The zero-order valence-electron chi connectivity index (χ0n) is 50.7. The zero-order valence-corrected chi connectivity index (χ0v) is 53.9. The lowest BCUT2D eigenvalue weighted by atomic mass is 10.2. The average molecular weight is 1390 g/mol. The number of nitrogens with one attached hydrogen (secondary N) is 3. The largest absolute Gasteiger partial charge is 0.494 e. The highest BCUT2D eigenvalue weighted by molar-refractivity contribution is 7.91. The summed E-state index contributed by atoms with van der Waals surface area (Å²) in [7, 11) is -9.07. The predicted molar refractivity (Wildman–Crippen MR) is 352 cm³/mol. The molecule has 12 rings (SSSR count). The van der Waals surface area contributed by atoms with Crippen LogP contribution in [0.25, 0.3) is 33.1 Å². The molecule has 12 aromatic rings. The van der Waals surface area contributed by atoms with Crippen molar-refractivity contribution in [1.82, 2.24) is 29.9 Å². The van der Waals surface area contributed by atoms with E-state index in [0.29, 0.717) is 39.2 Å². The van der Waals surface area contributed by atoms with E-state index in [4.69, 9.17) is 30.5 Å². The molecule has 0 radical (unpaired) electrons. The summed E-state index contributed by atoms with van der Waals surface area (Å²) in [5.41, 5.74) is 2.72. The molecule has 0 fully saturated rings. The maximum atomic E-state index is 14.1. The Hall–Kier alpha value is -11.5. The van der Waals surface area contributed by atoms with Crippen LogP contribution in [-0.2, 0) is 29.5 Å². The summed E-state index contributed by atoms with van der Waals surface area (Å²) < 4.78 is 147. The van der Waals surface area contributed by atoms with Crippen LogP contribution in [0.4, 0.5) is 34.6 Å². The highest BCUT2D eigenvalue weighted by Crippen LogP contribution is 2.34. The number of benzene rings is 9. The molecular weight excluding hydrogens is 1350 g/mol. The number of rotatable bonds is 16. The van der Waals surface area contributed by atoms with E-state index in [1.54, 1.807) is 84.9 Å². The number of carbonyl (C=O) groups excluding carboxylic acids is 3. The summed E-state index contributed by atoms with van der Waals surface area (Å²) >= 11 is 6.05. The Labute approximate surface area is 554 Å². The van der Waals surface area contributed by atoms with Gasteiger partial charge in [-0.15, -0.1) is 0 Å². The second-order valence-corrected chi connectivity index (χ2v) is 27.1. The van der Waals surface area contributed by atoms with Crippen LogP contribution >= 0.6 is 11.6 Å². The Morgan fingerprint density at radius 1 is 0.371 bits per heavy atom. The number of methoxy groups -OCH3 is 1. The Kier molecular flexibility index (Phi) is 20.4. The molecule has 97 heavy (non-hydrogen) atoms. The lowest BCUT2D eigenvalue weighted by Gasteiger charge is -2.12. The summed E-state index contributed by atoms with van der Waals surface area (Å²) in [6, 6.07) is 47.9. The van der Waals surface area contributed by atoms with Crippen LogP contribution in [0, 0.1) is 23.3 Å². The highest BCUT2D eigenvalue weighted by atomic mass is 35.5. The number of hydrogen-bond donors (Lipinski definition) is 3. The molecule has 0 aliphatic carbocycles. The Balaban J connectivity index is 0.000000158. The fraction of sp³-hybridized carbons (Fsp3) is 0.0597. The van der Waals surface area contributed by atoms with Crippen LogP contribution in [0.5, 0.6) is 40.6 Å². The monoisotopic (exact) mass is 1390 g/mol. The minimum atomic E-state index is -3.49. The molecule has 0 saturated carbocycles. The zero-order chi connectivity index (χ0) is 69.3. The van der Waals surface area contributed by atoms with Gasteiger partial charge in [-0.1, -0.05) is 66.2 Å². The minimum Gasteiger partial charge on any atom is -0.494 e. The second kappa shape index (κ2) is 29.0. The second-order valence-electron chi connectivity index (χ2n) is 20.6. The number of sulfone groups is 3. The molecule has 3 heterocycles. The fourth-order valence-electron chi connectivity index (χ4n) is 8.74. The van der Waals surface area contributed by atoms with Gasteiger partial charge >= 0.3 is 0 Å². The lowest BCUT2D eigenvalue weighted by molar-refractivity contribution is 0.101. The average Bonchev–Trinajstić information content (AvgIpc) is 0.811. The molecule has 492 valence electrons. The van der Waals surface area contributed by atoms with Gasteiger partial charge in [0.05, 0.1) is 59.9 Å². The van der Waals surface area contributed by atoms with Crippen LogP contribution in [0.1, 0.15) is 31.5 Å². The van der Waals surface area contributed by atoms with Gasteiger partial charge in [0.1, 0.15) is 23.1 Å². The number of fused-ring (bicyclic) bond motifs is 3. The van der Waals surface area contributed by atoms with Crippen molar-refractivity contribution in [2.75, 3.05) is 41.8 Å². The molecule has 30 heteroatoms. The number of aromatic nitrogens is 6. The molecule has 0 unspecified atom stereocenters. The van der Waals surface area contributed by atoms with Crippen molar-refractivity contribution in [2.24, 2.45) is 0 Å². The number of carbonyl (C=O) groups is 3. The van der Waals surface area contributed by atoms with Crippen molar-refractivity contribution in [3.05, 3.63) is 246 Å². The molecule has 0 bridgehead atoms. The summed E-state index contributed by atoms with van der Waals surface area (Å²) in [5.74, 6) is -5.79. The van der Waals surface area contributed by atoms with Gasteiger partial charge in [0.15, 0.2) is 69.7 Å².